The number of likely N-dealkylation sites (tertiary alicyclic amines) is 1. The van der Waals surface area contributed by atoms with E-state index in [1.54, 1.807) is 0 Å². The number of piperidine rings is 1. The quantitative estimate of drug-likeness (QED) is 0.743. The summed E-state index contributed by atoms with van der Waals surface area (Å²) in [6, 6.07) is 0.536. The molecule has 1 aliphatic carbocycles. The van der Waals surface area contributed by atoms with E-state index < -0.39 is 0 Å². The van der Waals surface area contributed by atoms with Gasteiger partial charge in [0.15, 0.2) is 0 Å². The molecular formula is C12H24N2. The van der Waals surface area contributed by atoms with Gasteiger partial charge in [0.2, 0.25) is 0 Å². The van der Waals surface area contributed by atoms with Crippen LogP contribution >= 0.6 is 0 Å². The van der Waals surface area contributed by atoms with Crippen molar-refractivity contribution < 1.29 is 0 Å². The van der Waals surface area contributed by atoms with Crippen molar-refractivity contribution in [3.8, 4) is 0 Å². The van der Waals surface area contributed by atoms with E-state index in [1.807, 2.05) is 0 Å². The van der Waals surface area contributed by atoms with Crippen LogP contribution in [0.15, 0.2) is 0 Å². The van der Waals surface area contributed by atoms with E-state index in [4.69, 9.17) is 5.73 Å². The Bertz CT molecular complexity index is 204. The fourth-order valence-corrected chi connectivity index (χ4v) is 3.11. The molecule has 1 saturated heterocycles. The van der Waals surface area contributed by atoms with Gasteiger partial charge in [-0.25, -0.2) is 0 Å². The van der Waals surface area contributed by atoms with Crippen molar-refractivity contribution >= 4 is 0 Å². The molecule has 14 heavy (non-hydrogen) atoms. The molecule has 2 unspecified atom stereocenters. The average Bonchev–Trinajstić information content (AvgIpc) is 2.67. The Balaban J connectivity index is 1.94. The minimum absolute atomic E-state index is 0.446. The lowest BCUT2D eigenvalue weighted by molar-refractivity contribution is 0.102. The Morgan fingerprint density at radius 2 is 1.86 bits per heavy atom. The molecule has 0 bridgehead atoms. The van der Waals surface area contributed by atoms with E-state index >= 15 is 0 Å². The molecule has 0 aromatic carbocycles. The summed E-state index contributed by atoms with van der Waals surface area (Å²) >= 11 is 0. The first-order valence-corrected chi connectivity index (χ1v) is 6.13. The Kier molecular flexibility index (Phi) is 2.61. The number of hydrogen-bond donors (Lipinski definition) is 1. The fourth-order valence-electron chi connectivity index (χ4n) is 3.11. The number of nitrogens with two attached hydrogens (primary N) is 1. The molecule has 0 radical (unpaired) electrons. The van der Waals surface area contributed by atoms with Gasteiger partial charge in [-0.05, 0) is 31.6 Å². The molecule has 1 saturated carbocycles. The molecule has 0 aromatic heterocycles. The number of hydrogen-bond acceptors (Lipinski definition) is 2. The highest BCUT2D eigenvalue weighted by molar-refractivity contribution is 5.11. The second-order valence-corrected chi connectivity index (χ2v) is 5.41. The summed E-state index contributed by atoms with van der Waals surface area (Å²) in [7, 11) is 0. The minimum atomic E-state index is 0.446. The molecule has 82 valence electrons. The van der Waals surface area contributed by atoms with E-state index in [-0.39, 0.29) is 0 Å². The molecule has 0 amide bonds. The zero-order chi connectivity index (χ0) is 10.3. The molecule has 2 heteroatoms. The van der Waals surface area contributed by atoms with Crippen LogP contribution in [0.25, 0.3) is 0 Å². The highest BCUT2D eigenvalue weighted by Crippen LogP contribution is 2.47. The lowest BCUT2D eigenvalue weighted by Gasteiger charge is -2.39. The van der Waals surface area contributed by atoms with E-state index in [2.05, 4.69) is 25.7 Å². The first kappa shape index (κ1) is 10.4. The number of nitrogens with zero attached hydrogens (tertiary/aromatic N) is 1. The number of rotatable bonds is 4. The van der Waals surface area contributed by atoms with Crippen LogP contribution in [0, 0.1) is 11.8 Å². The topological polar surface area (TPSA) is 29.3 Å². The first-order chi connectivity index (χ1) is 6.62. The van der Waals surface area contributed by atoms with Crippen LogP contribution in [0.4, 0.5) is 0 Å². The van der Waals surface area contributed by atoms with Crippen LogP contribution in [0.5, 0.6) is 0 Å². The summed E-state index contributed by atoms with van der Waals surface area (Å²) in [6.45, 7) is 9.55. The van der Waals surface area contributed by atoms with Crippen LogP contribution in [0.1, 0.15) is 40.0 Å². The van der Waals surface area contributed by atoms with Gasteiger partial charge in [-0.2, -0.15) is 0 Å². The largest absolute Gasteiger partial charge is 0.327 e. The fraction of sp³-hybridized carbons (Fsp3) is 1.00. The Morgan fingerprint density at radius 1 is 1.29 bits per heavy atom. The van der Waals surface area contributed by atoms with Gasteiger partial charge in [0.05, 0.1) is 0 Å². The van der Waals surface area contributed by atoms with Gasteiger partial charge in [-0.15, -0.1) is 0 Å². The summed E-state index contributed by atoms with van der Waals surface area (Å²) in [4.78, 5) is 2.69. The van der Waals surface area contributed by atoms with E-state index in [1.165, 1.54) is 32.4 Å². The van der Waals surface area contributed by atoms with Gasteiger partial charge in [0.25, 0.3) is 0 Å². The molecule has 1 aliphatic heterocycles. The van der Waals surface area contributed by atoms with Gasteiger partial charge < -0.3 is 5.73 Å². The molecule has 4 atom stereocenters. The smallest absolute Gasteiger partial charge is 0.0179 e. The summed E-state index contributed by atoms with van der Waals surface area (Å²) in [6.07, 6.45) is 3.90. The maximum absolute atomic E-state index is 5.97. The van der Waals surface area contributed by atoms with Crippen LogP contribution in [0.2, 0.25) is 0 Å². The van der Waals surface area contributed by atoms with Crippen molar-refractivity contribution in [2.75, 3.05) is 13.1 Å². The monoisotopic (exact) mass is 196 g/mol. The summed E-state index contributed by atoms with van der Waals surface area (Å²) in [5, 5.41) is 0. The summed E-state index contributed by atoms with van der Waals surface area (Å²) < 4.78 is 0. The molecule has 2 fully saturated rings. The highest BCUT2D eigenvalue weighted by atomic mass is 15.3. The van der Waals surface area contributed by atoms with Crippen molar-refractivity contribution in [3.05, 3.63) is 0 Å². The third kappa shape index (κ3) is 1.49. The van der Waals surface area contributed by atoms with Crippen molar-refractivity contribution in [2.24, 2.45) is 17.6 Å². The van der Waals surface area contributed by atoms with E-state index in [0.717, 1.165) is 11.8 Å². The molecule has 1 heterocycles. The Morgan fingerprint density at radius 3 is 2.29 bits per heavy atom. The van der Waals surface area contributed by atoms with Crippen molar-refractivity contribution in [3.63, 3.8) is 0 Å². The predicted molar refractivity (Wildman–Crippen MR) is 60.1 cm³/mol. The number of fused-ring (bicyclic) bond motifs is 1. The Labute approximate surface area is 87.8 Å². The normalized spacial score (nSPS) is 40.7. The van der Waals surface area contributed by atoms with Crippen molar-refractivity contribution in [2.45, 2.75) is 51.6 Å². The maximum Gasteiger partial charge on any atom is 0.0179 e. The molecule has 2 rings (SSSR count). The van der Waals surface area contributed by atoms with E-state index in [9.17, 15) is 0 Å². The molecule has 2 N–H and O–H groups in total. The lowest BCUT2D eigenvalue weighted by Crippen LogP contribution is -2.46. The van der Waals surface area contributed by atoms with E-state index in [0.29, 0.717) is 11.6 Å². The van der Waals surface area contributed by atoms with Crippen LogP contribution < -0.4 is 5.73 Å². The third-order valence-corrected chi connectivity index (χ3v) is 4.57. The Hall–Kier alpha value is -0.0800. The second kappa shape index (κ2) is 3.49. The molecule has 0 spiro atoms. The summed E-state index contributed by atoms with van der Waals surface area (Å²) in [5.41, 5.74) is 6.41. The SMILES string of the molecule is CCCC(C)(CC)N1C[C@@H]2C(N)[C@@H]2C1. The zero-order valence-corrected chi connectivity index (χ0v) is 9.79. The average molecular weight is 196 g/mol. The molecule has 2 nitrogen and oxygen atoms in total. The molecule has 0 aromatic rings. The zero-order valence-electron chi connectivity index (χ0n) is 9.79. The maximum atomic E-state index is 5.97. The van der Waals surface area contributed by atoms with Gasteiger partial charge in [0.1, 0.15) is 0 Å². The van der Waals surface area contributed by atoms with Crippen molar-refractivity contribution in [1.82, 2.24) is 4.90 Å². The first-order valence-electron chi connectivity index (χ1n) is 6.13. The van der Waals surface area contributed by atoms with Crippen LogP contribution in [-0.4, -0.2) is 29.6 Å². The molecule has 2 aliphatic rings. The minimum Gasteiger partial charge on any atom is -0.327 e. The van der Waals surface area contributed by atoms with Gasteiger partial charge in [-0.1, -0.05) is 20.3 Å². The highest BCUT2D eigenvalue weighted by Gasteiger charge is 2.55. The van der Waals surface area contributed by atoms with Crippen LogP contribution in [0.3, 0.4) is 0 Å². The lowest BCUT2D eigenvalue weighted by atomic mass is 9.91. The van der Waals surface area contributed by atoms with Crippen LogP contribution in [-0.2, 0) is 0 Å². The summed E-state index contributed by atoms with van der Waals surface area (Å²) in [5.74, 6) is 1.66. The second-order valence-electron chi connectivity index (χ2n) is 5.41. The predicted octanol–water partition coefficient (Wildman–Crippen LogP) is 1.84. The molecular weight excluding hydrogens is 172 g/mol. The van der Waals surface area contributed by atoms with Gasteiger partial charge in [0, 0.05) is 24.7 Å². The van der Waals surface area contributed by atoms with Gasteiger partial charge >= 0.3 is 0 Å². The standard InChI is InChI=1S/C12H24N2/c1-4-6-12(3,5-2)14-7-9-10(8-14)11(9)13/h9-11H,4-8,13H2,1-3H3/t9-,10+,11?,12?. The van der Waals surface area contributed by atoms with Gasteiger partial charge in [-0.3, -0.25) is 4.90 Å². The third-order valence-electron chi connectivity index (χ3n) is 4.57. The van der Waals surface area contributed by atoms with Crippen molar-refractivity contribution in [1.29, 1.82) is 0 Å².